The van der Waals surface area contributed by atoms with Gasteiger partial charge in [0.2, 0.25) is 11.8 Å². The van der Waals surface area contributed by atoms with Gasteiger partial charge in [0.25, 0.3) is 0 Å². The third-order valence-electron chi connectivity index (χ3n) is 5.81. The number of amides is 2. The van der Waals surface area contributed by atoms with Crippen LogP contribution >= 0.6 is 0 Å². The third kappa shape index (κ3) is 5.91. The Morgan fingerprint density at radius 3 is 1.93 bits per heavy atom. The van der Waals surface area contributed by atoms with Crippen molar-refractivity contribution in [3.63, 3.8) is 0 Å². The molecule has 1 aromatic carbocycles. The van der Waals surface area contributed by atoms with Crippen LogP contribution < -0.4 is 10.6 Å². The number of hydrogen-bond donors (Lipinski definition) is 2. The molecule has 0 spiro atoms. The molecule has 0 aromatic heterocycles. The zero-order valence-electron chi connectivity index (χ0n) is 19.9. The first kappa shape index (κ1) is 25.8. The fourth-order valence-electron chi connectivity index (χ4n) is 3.77. The summed E-state index contributed by atoms with van der Waals surface area (Å²) in [6.45, 7) is 13.5. The lowest BCUT2D eigenvalue weighted by molar-refractivity contribution is -0.143. The van der Waals surface area contributed by atoms with Crippen LogP contribution in [-0.4, -0.2) is 55.2 Å². The van der Waals surface area contributed by atoms with Crippen LogP contribution in [0.15, 0.2) is 30.3 Å². The zero-order chi connectivity index (χ0) is 23.3. The van der Waals surface area contributed by atoms with Crippen molar-refractivity contribution in [3.05, 3.63) is 35.9 Å². The molecule has 0 saturated heterocycles. The van der Waals surface area contributed by atoms with Gasteiger partial charge in [0, 0.05) is 12.5 Å². The summed E-state index contributed by atoms with van der Waals surface area (Å²) in [4.78, 5) is 39.6. The highest BCUT2D eigenvalue weighted by molar-refractivity contribution is 5.92. The van der Waals surface area contributed by atoms with Gasteiger partial charge in [-0.1, -0.05) is 78.8 Å². The lowest BCUT2D eigenvalue weighted by Crippen LogP contribution is -2.61. The Kier molecular flexibility index (Phi) is 8.78. The summed E-state index contributed by atoms with van der Waals surface area (Å²) in [6.07, 6.45) is 0.791. The molecule has 6 heteroatoms. The van der Waals surface area contributed by atoms with Crippen molar-refractivity contribution < 1.29 is 14.4 Å². The quantitative estimate of drug-likeness (QED) is 0.606. The van der Waals surface area contributed by atoms with E-state index in [1.54, 1.807) is 14.1 Å². The fourth-order valence-corrected chi connectivity index (χ4v) is 3.77. The van der Waals surface area contributed by atoms with Gasteiger partial charge in [-0.15, -0.1) is 0 Å². The van der Waals surface area contributed by atoms with E-state index in [-0.39, 0.29) is 17.7 Å². The third-order valence-corrected chi connectivity index (χ3v) is 5.81. The predicted molar refractivity (Wildman–Crippen MR) is 121 cm³/mol. The van der Waals surface area contributed by atoms with Gasteiger partial charge in [0.15, 0.2) is 0 Å². The van der Waals surface area contributed by atoms with Crippen LogP contribution in [0, 0.1) is 11.3 Å². The highest BCUT2D eigenvalue weighted by Gasteiger charge is 2.41. The fraction of sp³-hybridized carbons (Fsp3) is 0.625. The van der Waals surface area contributed by atoms with Crippen LogP contribution in [0.4, 0.5) is 0 Å². The van der Waals surface area contributed by atoms with E-state index in [4.69, 9.17) is 0 Å². The van der Waals surface area contributed by atoms with Crippen LogP contribution in [0.5, 0.6) is 0 Å². The maximum atomic E-state index is 13.3. The maximum absolute atomic E-state index is 13.3. The van der Waals surface area contributed by atoms with Gasteiger partial charge in [0.05, 0.1) is 12.1 Å². The predicted octanol–water partition coefficient (Wildman–Crippen LogP) is 2.77. The normalized spacial score (nSPS) is 15.3. The van der Waals surface area contributed by atoms with Crippen LogP contribution in [0.1, 0.15) is 54.0 Å². The SMILES string of the molecule is CNC(C(=O)NC(C(=O)N(C)C(C=O)C(C)C)C(C)(C)C)C(C)(C)c1ccccc1. The smallest absolute Gasteiger partial charge is 0.246 e. The first-order valence-corrected chi connectivity index (χ1v) is 10.5. The second-order valence-electron chi connectivity index (χ2n) is 9.94. The van der Waals surface area contributed by atoms with Crippen LogP contribution in [0.2, 0.25) is 0 Å². The van der Waals surface area contributed by atoms with Gasteiger partial charge in [-0.05, 0) is 23.9 Å². The number of benzene rings is 1. The molecule has 2 amide bonds. The minimum Gasteiger partial charge on any atom is -0.342 e. The molecule has 0 fully saturated rings. The van der Waals surface area contributed by atoms with E-state index >= 15 is 0 Å². The van der Waals surface area contributed by atoms with Crippen molar-refractivity contribution in [2.24, 2.45) is 11.3 Å². The van der Waals surface area contributed by atoms with Gasteiger partial charge in [-0.3, -0.25) is 9.59 Å². The highest BCUT2D eigenvalue weighted by atomic mass is 16.2. The number of likely N-dealkylation sites (N-methyl/N-ethyl adjacent to an activating group) is 2. The summed E-state index contributed by atoms with van der Waals surface area (Å²) in [5, 5.41) is 6.10. The molecule has 2 N–H and O–H groups in total. The number of carbonyl (C=O) groups is 3. The molecule has 6 nitrogen and oxygen atoms in total. The Hall–Kier alpha value is -2.21. The first-order chi connectivity index (χ1) is 13.8. The van der Waals surface area contributed by atoms with Crippen molar-refractivity contribution >= 4 is 18.1 Å². The average Bonchev–Trinajstić information content (AvgIpc) is 2.65. The number of carbonyl (C=O) groups excluding carboxylic acids is 3. The van der Waals surface area contributed by atoms with E-state index in [9.17, 15) is 14.4 Å². The topological polar surface area (TPSA) is 78.5 Å². The van der Waals surface area contributed by atoms with Crippen molar-refractivity contribution in [1.82, 2.24) is 15.5 Å². The molecule has 0 aliphatic heterocycles. The van der Waals surface area contributed by atoms with Crippen molar-refractivity contribution in [3.8, 4) is 0 Å². The number of aldehydes is 1. The van der Waals surface area contributed by atoms with Gasteiger partial charge >= 0.3 is 0 Å². The maximum Gasteiger partial charge on any atom is 0.246 e. The molecule has 3 atom stereocenters. The number of nitrogens with one attached hydrogen (secondary N) is 2. The lowest BCUT2D eigenvalue weighted by Gasteiger charge is -2.39. The lowest BCUT2D eigenvalue weighted by atomic mass is 9.76. The minimum atomic E-state index is -0.765. The Morgan fingerprint density at radius 2 is 1.53 bits per heavy atom. The van der Waals surface area contributed by atoms with Crippen molar-refractivity contribution in [2.75, 3.05) is 14.1 Å². The molecule has 0 radical (unpaired) electrons. The summed E-state index contributed by atoms with van der Waals surface area (Å²) in [5.74, 6) is -0.538. The molecule has 0 aliphatic rings. The van der Waals surface area contributed by atoms with Crippen LogP contribution in [0.25, 0.3) is 0 Å². The summed E-state index contributed by atoms with van der Waals surface area (Å²) in [5.41, 5.74) is -0.00230. The Morgan fingerprint density at radius 1 is 1.00 bits per heavy atom. The van der Waals surface area contributed by atoms with E-state index < -0.39 is 29.0 Å². The molecule has 0 saturated carbocycles. The van der Waals surface area contributed by atoms with E-state index in [0.717, 1.165) is 11.8 Å². The second-order valence-corrected chi connectivity index (χ2v) is 9.94. The second kappa shape index (κ2) is 10.2. The standard InChI is InChI=1S/C24H39N3O3/c1-16(2)18(15-28)27(9)22(30)20(23(3,4)5)26-21(29)19(25-8)24(6,7)17-13-11-10-12-14-17/h10-16,18-20,25H,1-9H3,(H,26,29). The molecule has 1 aromatic rings. The van der Waals surface area contributed by atoms with Gasteiger partial charge in [-0.25, -0.2) is 0 Å². The largest absolute Gasteiger partial charge is 0.342 e. The molecule has 0 heterocycles. The zero-order valence-corrected chi connectivity index (χ0v) is 19.9. The van der Waals surface area contributed by atoms with Crippen LogP contribution in [0.3, 0.4) is 0 Å². The number of rotatable bonds is 9. The molecule has 30 heavy (non-hydrogen) atoms. The van der Waals surface area contributed by atoms with E-state index in [0.29, 0.717) is 0 Å². The van der Waals surface area contributed by atoms with Gasteiger partial charge in [-0.2, -0.15) is 0 Å². The summed E-state index contributed by atoms with van der Waals surface area (Å²) < 4.78 is 0. The summed E-state index contributed by atoms with van der Waals surface area (Å²) in [7, 11) is 3.37. The summed E-state index contributed by atoms with van der Waals surface area (Å²) in [6, 6.07) is 7.97. The van der Waals surface area contributed by atoms with E-state index in [1.807, 2.05) is 78.8 Å². The Bertz CT molecular complexity index is 723. The first-order valence-electron chi connectivity index (χ1n) is 10.5. The van der Waals surface area contributed by atoms with Gasteiger partial charge < -0.3 is 20.3 Å². The van der Waals surface area contributed by atoms with Gasteiger partial charge in [0.1, 0.15) is 12.3 Å². The van der Waals surface area contributed by atoms with Crippen LogP contribution in [-0.2, 0) is 19.8 Å². The number of hydrogen-bond acceptors (Lipinski definition) is 4. The van der Waals surface area contributed by atoms with Crippen molar-refractivity contribution in [1.29, 1.82) is 0 Å². The van der Waals surface area contributed by atoms with E-state index in [1.165, 1.54) is 4.90 Å². The molecule has 1 rings (SSSR count). The molecule has 3 unspecified atom stereocenters. The van der Waals surface area contributed by atoms with Crippen molar-refractivity contribution in [2.45, 2.75) is 72.0 Å². The molecular formula is C24H39N3O3. The molecule has 0 aliphatic carbocycles. The number of nitrogens with zero attached hydrogens (tertiary/aromatic N) is 1. The average molecular weight is 418 g/mol. The minimum absolute atomic E-state index is 0.0187. The Labute approximate surface area is 181 Å². The molecular weight excluding hydrogens is 378 g/mol. The van der Waals surface area contributed by atoms with E-state index in [2.05, 4.69) is 10.6 Å². The summed E-state index contributed by atoms with van der Waals surface area (Å²) >= 11 is 0. The molecule has 0 bridgehead atoms. The Balaban J connectivity index is 3.19. The molecule has 168 valence electrons. The monoisotopic (exact) mass is 417 g/mol. The highest BCUT2D eigenvalue weighted by Crippen LogP contribution is 2.28.